The maximum absolute atomic E-state index is 6.37. The molecule has 2 aliphatic rings. The van der Waals surface area contributed by atoms with Crippen LogP contribution in [0.5, 0.6) is 0 Å². The lowest BCUT2D eigenvalue weighted by molar-refractivity contribution is 0.277. The number of nitrogens with two attached hydrogens (primary N) is 1. The summed E-state index contributed by atoms with van der Waals surface area (Å²) in [5.74, 6) is 1.87. The lowest BCUT2D eigenvalue weighted by Gasteiger charge is -2.34. The van der Waals surface area contributed by atoms with Crippen LogP contribution in [0.3, 0.4) is 0 Å². The first kappa shape index (κ1) is 11.4. The summed E-state index contributed by atoms with van der Waals surface area (Å²) >= 11 is 0. The van der Waals surface area contributed by atoms with Gasteiger partial charge in [0.2, 0.25) is 0 Å². The van der Waals surface area contributed by atoms with Gasteiger partial charge >= 0.3 is 0 Å². The predicted molar refractivity (Wildman–Crippen MR) is 64.8 cm³/mol. The van der Waals surface area contributed by atoms with Crippen molar-refractivity contribution in [3.63, 3.8) is 0 Å². The molecule has 0 aromatic rings. The van der Waals surface area contributed by atoms with Crippen LogP contribution in [0.15, 0.2) is 0 Å². The van der Waals surface area contributed by atoms with Gasteiger partial charge in [-0.15, -0.1) is 0 Å². The molecule has 2 nitrogen and oxygen atoms in total. The molecule has 0 amide bonds. The lowest BCUT2D eigenvalue weighted by Crippen LogP contribution is -2.50. The van der Waals surface area contributed by atoms with Gasteiger partial charge in [-0.25, -0.2) is 0 Å². The molecule has 0 spiro atoms. The van der Waals surface area contributed by atoms with Crippen LogP contribution < -0.4 is 11.1 Å². The lowest BCUT2D eigenvalue weighted by atomic mass is 9.82. The Labute approximate surface area is 94.0 Å². The van der Waals surface area contributed by atoms with Crippen molar-refractivity contribution in [2.75, 3.05) is 13.1 Å². The van der Waals surface area contributed by atoms with Gasteiger partial charge < -0.3 is 11.1 Å². The topological polar surface area (TPSA) is 38.0 Å². The van der Waals surface area contributed by atoms with Crippen LogP contribution in [-0.2, 0) is 0 Å². The van der Waals surface area contributed by atoms with E-state index in [9.17, 15) is 0 Å². The zero-order chi connectivity index (χ0) is 10.7. The molecule has 2 fully saturated rings. The van der Waals surface area contributed by atoms with Gasteiger partial charge in [-0.3, -0.25) is 0 Å². The molecule has 3 N–H and O–H groups in total. The van der Waals surface area contributed by atoms with Gasteiger partial charge in [0.05, 0.1) is 0 Å². The molecule has 2 saturated carbocycles. The monoisotopic (exact) mass is 210 g/mol. The summed E-state index contributed by atoms with van der Waals surface area (Å²) in [5, 5.41) is 3.59. The highest BCUT2D eigenvalue weighted by Crippen LogP contribution is 2.36. The van der Waals surface area contributed by atoms with Gasteiger partial charge in [0.25, 0.3) is 0 Å². The maximum atomic E-state index is 6.37. The van der Waals surface area contributed by atoms with E-state index in [-0.39, 0.29) is 5.54 Å². The quantitative estimate of drug-likeness (QED) is 0.730. The Morgan fingerprint density at radius 3 is 2.53 bits per heavy atom. The van der Waals surface area contributed by atoms with Crippen molar-refractivity contribution in [3.05, 3.63) is 0 Å². The second kappa shape index (κ2) is 4.84. The normalized spacial score (nSPS) is 27.6. The fourth-order valence-electron chi connectivity index (χ4n) is 2.81. The first-order valence-electron chi connectivity index (χ1n) is 6.69. The smallest absolute Gasteiger partial charge is 0.0280 e. The van der Waals surface area contributed by atoms with Crippen molar-refractivity contribution in [1.29, 1.82) is 0 Å². The van der Waals surface area contributed by atoms with E-state index < -0.39 is 0 Å². The molecule has 2 rings (SSSR count). The molecular weight excluding hydrogens is 184 g/mol. The third-order valence-electron chi connectivity index (χ3n) is 4.22. The van der Waals surface area contributed by atoms with Gasteiger partial charge in [-0.2, -0.15) is 0 Å². The number of hydrogen-bond acceptors (Lipinski definition) is 2. The standard InChI is InChI=1S/C13H26N2/c1-11(12-5-6-12)9-15-10-13(14)7-3-2-4-8-13/h11-12,15H,2-10,14H2,1H3. The molecule has 1 atom stereocenters. The SMILES string of the molecule is CC(CNCC1(N)CCCCC1)C1CC1. The van der Waals surface area contributed by atoms with Crippen molar-refractivity contribution < 1.29 is 0 Å². The van der Waals surface area contributed by atoms with E-state index in [1.54, 1.807) is 0 Å². The van der Waals surface area contributed by atoms with E-state index in [0.717, 1.165) is 18.4 Å². The molecule has 0 heterocycles. The Kier molecular flexibility index (Phi) is 3.68. The molecule has 0 aromatic heterocycles. The average Bonchev–Trinajstić information content (AvgIpc) is 3.01. The van der Waals surface area contributed by atoms with Crippen LogP contribution in [0.1, 0.15) is 51.9 Å². The van der Waals surface area contributed by atoms with Crippen molar-refractivity contribution in [3.8, 4) is 0 Å². The molecule has 0 aromatic carbocycles. The molecule has 2 aliphatic carbocycles. The van der Waals surface area contributed by atoms with Crippen LogP contribution in [0.2, 0.25) is 0 Å². The van der Waals surface area contributed by atoms with E-state index in [1.165, 1.54) is 51.5 Å². The zero-order valence-corrected chi connectivity index (χ0v) is 10.1. The van der Waals surface area contributed by atoms with E-state index in [1.807, 2.05) is 0 Å². The third-order valence-corrected chi connectivity index (χ3v) is 4.22. The second-order valence-electron chi connectivity index (χ2n) is 5.87. The third kappa shape index (κ3) is 3.46. The first-order chi connectivity index (χ1) is 7.20. The number of rotatable bonds is 5. The Hall–Kier alpha value is -0.0800. The fraction of sp³-hybridized carbons (Fsp3) is 1.00. The maximum Gasteiger partial charge on any atom is 0.0280 e. The summed E-state index contributed by atoms with van der Waals surface area (Å²) in [6, 6.07) is 0. The summed E-state index contributed by atoms with van der Waals surface area (Å²) in [6.45, 7) is 4.57. The first-order valence-corrected chi connectivity index (χ1v) is 6.69. The van der Waals surface area contributed by atoms with Gasteiger partial charge in [-0.1, -0.05) is 26.2 Å². The van der Waals surface area contributed by atoms with E-state index in [4.69, 9.17) is 5.73 Å². The molecule has 0 bridgehead atoms. The Bertz CT molecular complexity index is 193. The van der Waals surface area contributed by atoms with Crippen molar-refractivity contribution in [1.82, 2.24) is 5.32 Å². The van der Waals surface area contributed by atoms with E-state index >= 15 is 0 Å². The summed E-state index contributed by atoms with van der Waals surface area (Å²) < 4.78 is 0. The highest BCUT2D eigenvalue weighted by Gasteiger charge is 2.29. The van der Waals surface area contributed by atoms with Crippen molar-refractivity contribution in [2.45, 2.75) is 57.4 Å². The van der Waals surface area contributed by atoms with Crippen molar-refractivity contribution in [2.24, 2.45) is 17.6 Å². The summed E-state index contributed by atoms with van der Waals surface area (Å²) in [6.07, 6.45) is 9.40. The van der Waals surface area contributed by atoms with Crippen LogP contribution in [0, 0.1) is 11.8 Å². The Morgan fingerprint density at radius 1 is 1.27 bits per heavy atom. The minimum absolute atomic E-state index is 0.113. The second-order valence-corrected chi connectivity index (χ2v) is 5.87. The van der Waals surface area contributed by atoms with Crippen LogP contribution >= 0.6 is 0 Å². The number of nitrogens with one attached hydrogen (secondary N) is 1. The van der Waals surface area contributed by atoms with Gasteiger partial charge in [0.1, 0.15) is 0 Å². The van der Waals surface area contributed by atoms with E-state index in [2.05, 4.69) is 12.2 Å². The highest BCUT2D eigenvalue weighted by molar-refractivity contribution is 4.90. The van der Waals surface area contributed by atoms with Gasteiger partial charge in [-0.05, 0) is 44.1 Å². The Balaban J connectivity index is 1.63. The molecule has 88 valence electrons. The highest BCUT2D eigenvalue weighted by atomic mass is 14.9. The largest absolute Gasteiger partial charge is 0.324 e. The average molecular weight is 210 g/mol. The molecular formula is C13H26N2. The summed E-state index contributed by atoms with van der Waals surface area (Å²) in [4.78, 5) is 0. The molecule has 15 heavy (non-hydrogen) atoms. The zero-order valence-electron chi connectivity index (χ0n) is 10.1. The molecule has 0 radical (unpaired) electrons. The van der Waals surface area contributed by atoms with Gasteiger partial charge in [0.15, 0.2) is 0 Å². The van der Waals surface area contributed by atoms with Crippen LogP contribution in [0.4, 0.5) is 0 Å². The van der Waals surface area contributed by atoms with Crippen LogP contribution in [-0.4, -0.2) is 18.6 Å². The van der Waals surface area contributed by atoms with Crippen LogP contribution in [0.25, 0.3) is 0 Å². The molecule has 0 aliphatic heterocycles. The molecule has 2 heteroatoms. The minimum Gasteiger partial charge on any atom is -0.324 e. The van der Waals surface area contributed by atoms with Gasteiger partial charge in [0, 0.05) is 12.1 Å². The summed E-state index contributed by atoms with van der Waals surface area (Å²) in [7, 11) is 0. The summed E-state index contributed by atoms with van der Waals surface area (Å²) in [5.41, 5.74) is 6.49. The fourth-order valence-corrected chi connectivity index (χ4v) is 2.81. The predicted octanol–water partition coefficient (Wildman–Crippen LogP) is 2.28. The Morgan fingerprint density at radius 2 is 1.93 bits per heavy atom. The van der Waals surface area contributed by atoms with Crippen molar-refractivity contribution >= 4 is 0 Å². The number of hydrogen-bond donors (Lipinski definition) is 2. The minimum atomic E-state index is 0.113. The molecule has 0 saturated heterocycles. The van der Waals surface area contributed by atoms with E-state index in [0.29, 0.717) is 0 Å². The molecule has 1 unspecified atom stereocenters.